The lowest BCUT2D eigenvalue weighted by atomic mass is 10.0. The van der Waals surface area contributed by atoms with Crippen molar-refractivity contribution >= 4 is 35.0 Å². The number of aromatic nitrogens is 2. The van der Waals surface area contributed by atoms with Crippen LogP contribution in [0.4, 0.5) is 5.69 Å². The highest BCUT2D eigenvalue weighted by Crippen LogP contribution is 2.40. The van der Waals surface area contributed by atoms with Gasteiger partial charge >= 0.3 is 0 Å². The fraction of sp³-hybridized carbons (Fsp3) is 0.148. The first-order valence-electron chi connectivity index (χ1n) is 10.9. The fourth-order valence-corrected chi connectivity index (χ4v) is 4.90. The molecule has 1 N–H and O–H groups in total. The number of anilines is 1. The molecule has 0 bridgehead atoms. The van der Waals surface area contributed by atoms with Gasteiger partial charge in [-0.05, 0) is 73.0 Å². The number of carbonyl (C=O) groups excluding carboxylic acids is 1. The number of thioether (sulfide) groups is 1. The van der Waals surface area contributed by atoms with Gasteiger partial charge in [0, 0.05) is 22.7 Å². The van der Waals surface area contributed by atoms with E-state index in [2.05, 4.69) is 11.4 Å². The molecule has 2 heterocycles. The molecule has 0 atom stereocenters. The average molecular weight is 488 g/mol. The van der Waals surface area contributed by atoms with Crippen LogP contribution in [0.25, 0.3) is 11.4 Å². The number of nitrogens with one attached hydrogen (secondary N) is 1. The molecule has 34 heavy (non-hydrogen) atoms. The number of halogens is 1. The minimum absolute atomic E-state index is 0.0902. The maximum absolute atomic E-state index is 12.7. The van der Waals surface area contributed by atoms with Crippen LogP contribution < -0.4 is 10.1 Å². The van der Waals surface area contributed by atoms with E-state index in [0.717, 1.165) is 44.3 Å². The molecule has 0 radical (unpaired) electrons. The number of carbonyl (C=O) groups is 1. The Morgan fingerprint density at radius 3 is 2.53 bits per heavy atom. The number of para-hydroxylation sites is 1. The zero-order valence-electron chi connectivity index (χ0n) is 18.8. The summed E-state index contributed by atoms with van der Waals surface area (Å²) in [6.07, 6.45) is 0.646. The Kier molecular flexibility index (Phi) is 6.26. The van der Waals surface area contributed by atoms with Crippen LogP contribution in [0.3, 0.4) is 0 Å². The van der Waals surface area contributed by atoms with Crippen molar-refractivity contribution < 1.29 is 9.53 Å². The van der Waals surface area contributed by atoms with Crippen LogP contribution in [0.15, 0.2) is 71.8 Å². The van der Waals surface area contributed by atoms with Crippen molar-refractivity contribution in [1.82, 2.24) is 9.97 Å². The quantitative estimate of drug-likeness (QED) is 0.217. The molecule has 1 aliphatic rings. The summed E-state index contributed by atoms with van der Waals surface area (Å²) in [5.41, 5.74) is 5.80. The van der Waals surface area contributed by atoms with Gasteiger partial charge in [0.25, 0.3) is 0 Å². The lowest BCUT2D eigenvalue weighted by Crippen LogP contribution is -2.15. The van der Waals surface area contributed by atoms with Gasteiger partial charge in [-0.1, -0.05) is 47.6 Å². The molecule has 4 aromatic rings. The summed E-state index contributed by atoms with van der Waals surface area (Å²) in [6, 6.07) is 21.3. The van der Waals surface area contributed by atoms with Gasteiger partial charge in [0.2, 0.25) is 11.8 Å². The molecule has 5 rings (SSSR count). The molecular weight excluding hydrogens is 466 g/mol. The van der Waals surface area contributed by atoms with Gasteiger partial charge in [-0.3, -0.25) is 4.79 Å². The van der Waals surface area contributed by atoms with E-state index in [1.165, 1.54) is 11.8 Å². The summed E-state index contributed by atoms with van der Waals surface area (Å²) in [5.74, 6) is 1.98. The number of amides is 1. The Labute approximate surface area is 207 Å². The maximum atomic E-state index is 12.7. The van der Waals surface area contributed by atoms with Crippen molar-refractivity contribution in [2.75, 3.05) is 11.1 Å². The van der Waals surface area contributed by atoms with Gasteiger partial charge in [-0.2, -0.15) is 4.98 Å². The summed E-state index contributed by atoms with van der Waals surface area (Å²) in [5, 5.41) is 4.37. The average Bonchev–Trinajstić information content (AvgIpc) is 2.81. The molecule has 1 aliphatic heterocycles. The van der Waals surface area contributed by atoms with E-state index < -0.39 is 0 Å². The van der Waals surface area contributed by atoms with Crippen molar-refractivity contribution in [2.24, 2.45) is 0 Å². The van der Waals surface area contributed by atoms with Crippen molar-refractivity contribution in [3.8, 4) is 23.0 Å². The number of aryl methyl sites for hydroxylation is 2. The topological polar surface area (TPSA) is 64.1 Å². The number of ether oxygens (including phenoxy) is 1. The normalized spacial score (nSPS) is 11.9. The molecule has 0 fully saturated rings. The predicted molar refractivity (Wildman–Crippen MR) is 137 cm³/mol. The summed E-state index contributed by atoms with van der Waals surface area (Å²) >= 11 is 7.45. The second-order valence-electron chi connectivity index (χ2n) is 8.24. The Morgan fingerprint density at radius 1 is 1.03 bits per heavy atom. The van der Waals surface area contributed by atoms with Gasteiger partial charge < -0.3 is 10.1 Å². The molecule has 1 amide bonds. The summed E-state index contributed by atoms with van der Waals surface area (Å²) in [4.78, 5) is 22.3. The second-order valence-corrected chi connectivity index (χ2v) is 9.64. The number of rotatable bonds is 5. The highest BCUT2D eigenvalue weighted by molar-refractivity contribution is 8.00. The van der Waals surface area contributed by atoms with Crippen molar-refractivity contribution in [3.63, 3.8) is 0 Å². The van der Waals surface area contributed by atoms with E-state index >= 15 is 0 Å². The Morgan fingerprint density at radius 2 is 1.76 bits per heavy atom. The molecule has 0 saturated carbocycles. The third-order valence-electron chi connectivity index (χ3n) is 5.43. The van der Waals surface area contributed by atoms with Gasteiger partial charge in [0.05, 0.1) is 11.3 Å². The van der Waals surface area contributed by atoms with Crippen LogP contribution >= 0.6 is 23.4 Å². The van der Waals surface area contributed by atoms with Gasteiger partial charge in [-0.15, -0.1) is 0 Å². The van der Waals surface area contributed by atoms with Crippen LogP contribution in [-0.2, 0) is 11.2 Å². The van der Waals surface area contributed by atoms with Crippen molar-refractivity contribution in [2.45, 2.75) is 25.3 Å². The highest BCUT2D eigenvalue weighted by Gasteiger charge is 2.24. The summed E-state index contributed by atoms with van der Waals surface area (Å²) in [7, 11) is 0. The maximum Gasteiger partial charge on any atom is 0.234 e. The molecule has 5 nitrogen and oxygen atoms in total. The molecule has 170 valence electrons. The summed E-state index contributed by atoms with van der Waals surface area (Å²) in [6.45, 7) is 4.03. The van der Waals surface area contributed by atoms with E-state index in [1.807, 2.05) is 62.4 Å². The standard InChI is InChI=1S/C27H22ClN3O2S/c1-16-11-17(2)13-21(12-16)29-24(32)15-34-27-22-14-19-5-3-4-6-23(19)33-26(22)30-25(31-27)18-7-9-20(28)10-8-18/h3-13H,14-15H2,1-2H3,(H,29,32). The first-order chi connectivity index (χ1) is 16.4. The first kappa shape index (κ1) is 22.4. The largest absolute Gasteiger partial charge is 0.438 e. The van der Waals surface area contributed by atoms with E-state index in [4.69, 9.17) is 26.3 Å². The number of nitrogens with zero attached hydrogens (tertiary/aromatic N) is 2. The first-order valence-corrected chi connectivity index (χ1v) is 12.2. The predicted octanol–water partition coefficient (Wildman–Crippen LogP) is 6.84. The zero-order valence-corrected chi connectivity index (χ0v) is 20.3. The van der Waals surface area contributed by atoms with Crippen LogP contribution in [0.5, 0.6) is 11.6 Å². The van der Waals surface area contributed by atoms with Gasteiger partial charge in [-0.25, -0.2) is 4.98 Å². The van der Waals surface area contributed by atoms with E-state index in [0.29, 0.717) is 23.1 Å². The Balaban J connectivity index is 1.43. The molecule has 0 spiro atoms. The third kappa shape index (κ3) is 4.93. The third-order valence-corrected chi connectivity index (χ3v) is 6.70. The minimum Gasteiger partial charge on any atom is -0.438 e. The SMILES string of the molecule is Cc1cc(C)cc(NC(=O)CSc2nc(-c3ccc(Cl)cc3)nc3c2Cc2ccccc2O3)c1. The zero-order chi connectivity index (χ0) is 23.7. The molecule has 0 unspecified atom stereocenters. The lowest BCUT2D eigenvalue weighted by molar-refractivity contribution is -0.113. The minimum atomic E-state index is -0.0902. The fourth-order valence-electron chi connectivity index (χ4n) is 3.95. The second kappa shape index (κ2) is 9.49. The molecule has 0 saturated heterocycles. The number of hydrogen-bond donors (Lipinski definition) is 1. The molecule has 7 heteroatoms. The number of hydrogen-bond acceptors (Lipinski definition) is 5. The lowest BCUT2D eigenvalue weighted by Gasteiger charge is -2.21. The van der Waals surface area contributed by atoms with E-state index in [-0.39, 0.29) is 11.7 Å². The van der Waals surface area contributed by atoms with Gasteiger partial charge in [0.15, 0.2) is 5.82 Å². The van der Waals surface area contributed by atoms with Gasteiger partial charge in [0.1, 0.15) is 10.8 Å². The van der Waals surface area contributed by atoms with Crippen LogP contribution in [0.1, 0.15) is 22.3 Å². The van der Waals surface area contributed by atoms with E-state index in [9.17, 15) is 4.79 Å². The number of benzene rings is 3. The number of fused-ring (bicyclic) bond motifs is 2. The highest BCUT2D eigenvalue weighted by atomic mass is 35.5. The summed E-state index contributed by atoms with van der Waals surface area (Å²) < 4.78 is 6.14. The van der Waals surface area contributed by atoms with Crippen molar-refractivity contribution in [1.29, 1.82) is 0 Å². The molecule has 0 aliphatic carbocycles. The molecule has 3 aromatic carbocycles. The van der Waals surface area contributed by atoms with Crippen LogP contribution in [0.2, 0.25) is 5.02 Å². The van der Waals surface area contributed by atoms with Crippen LogP contribution in [-0.4, -0.2) is 21.6 Å². The smallest absolute Gasteiger partial charge is 0.234 e. The Hall–Kier alpha value is -3.35. The Bertz CT molecular complexity index is 1370. The van der Waals surface area contributed by atoms with E-state index in [1.54, 1.807) is 12.1 Å². The molecular formula is C27H22ClN3O2S. The molecule has 1 aromatic heterocycles. The van der Waals surface area contributed by atoms with Crippen molar-refractivity contribution in [3.05, 3.63) is 94.0 Å². The van der Waals surface area contributed by atoms with Crippen LogP contribution in [0, 0.1) is 13.8 Å². The monoisotopic (exact) mass is 487 g/mol.